The molecule has 1 rings (SSSR count). The highest BCUT2D eigenvalue weighted by Crippen LogP contribution is 2.59. The van der Waals surface area contributed by atoms with Crippen LogP contribution in [0.5, 0.6) is 0 Å². The molecule has 1 amide bonds. The van der Waals surface area contributed by atoms with Gasteiger partial charge in [0.15, 0.2) is 0 Å². The lowest BCUT2D eigenvalue weighted by atomic mass is 10.1. The van der Waals surface area contributed by atoms with Gasteiger partial charge >= 0.3 is 5.97 Å². The number of aliphatic carboxylic acids is 1. The average Bonchev–Trinajstić information content (AvgIpc) is 2.63. The second kappa shape index (κ2) is 4.63. The van der Waals surface area contributed by atoms with Crippen LogP contribution >= 0.6 is 23.2 Å². The minimum atomic E-state index is -1.06. The first kappa shape index (κ1) is 13.3. The van der Waals surface area contributed by atoms with Gasteiger partial charge in [0.2, 0.25) is 5.91 Å². The zero-order chi connectivity index (χ0) is 12.5. The fraction of sp³-hybridized carbons (Fsp3) is 0.600. The number of allylic oxidation sites excluding steroid dienone is 1. The number of carbonyl (C=O) groups is 2. The van der Waals surface area contributed by atoms with E-state index in [-0.39, 0.29) is 34.2 Å². The Morgan fingerprint density at radius 1 is 1.44 bits per heavy atom. The maximum atomic E-state index is 11.6. The number of halogens is 2. The van der Waals surface area contributed by atoms with Gasteiger partial charge < -0.3 is 10.4 Å². The summed E-state index contributed by atoms with van der Waals surface area (Å²) in [6.45, 7) is 3.46. The summed E-state index contributed by atoms with van der Waals surface area (Å²) in [4.78, 5) is 21.9. The molecule has 1 aliphatic rings. The van der Waals surface area contributed by atoms with Crippen molar-refractivity contribution in [2.45, 2.75) is 13.8 Å². The minimum Gasteiger partial charge on any atom is -0.480 e. The first-order chi connectivity index (χ1) is 7.26. The molecule has 2 unspecified atom stereocenters. The number of rotatable bonds is 4. The number of nitrogens with one attached hydrogen (secondary N) is 1. The van der Waals surface area contributed by atoms with Gasteiger partial charge in [-0.15, -0.1) is 0 Å². The average molecular weight is 266 g/mol. The van der Waals surface area contributed by atoms with Crippen LogP contribution in [0.3, 0.4) is 0 Å². The number of carbonyl (C=O) groups excluding carboxylic acids is 1. The van der Waals surface area contributed by atoms with Crippen LogP contribution in [0.15, 0.2) is 10.6 Å². The maximum absolute atomic E-state index is 11.6. The highest BCUT2D eigenvalue weighted by molar-refractivity contribution is 6.55. The Kier molecular flexibility index (Phi) is 3.86. The Morgan fingerprint density at radius 3 is 2.44 bits per heavy atom. The van der Waals surface area contributed by atoms with Crippen LogP contribution < -0.4 is 5.32 Å². The summed E-state index contributed by atoms with van der Waals surface area (Å²) in [7, 11) is 0. The van der Waals surface area contributed by atoms with E-state index in [0.717, 1.165) is 0 Å². The van der Waals surface area contributed by atoms with Crippen molar-refractivity contribution in [1.82, 2.24) is 5.32 Å². The largest absolute Gasteiger partial charge is 0.480 e. The van der Waals surface area contributed by atoms with Gasteiger partial charge in [0.05, 0.1) is 5.92 Å². The molecule has 90 valence electrons. The summed E-state index contributed by atoms with van der Waals surface area (Å²) in [5.74, 6) is -1.64. The molecule has 1 saturated carbocycles. The van der Waals surface area contributed by atoms with Gasteiger partial charge in [0.1, 0.15) is 11.0 Å². The van der Waals surface area contributed by atoms with Crippen molar-refractivity contribution in [2.75, 3.05) is 6.54 Å². The Balaban J connectivity index is 2.59. The Hall–Kier alpha value is -0.740. The van der Waals surface area contributed by atoms with Crippen LogP contribution in [-0.2, 0) is 9.59 Å². The van der Waals surface area contributed by atoms with E-state index in [2.05, 4.69) is 5.32 Å². The van der Waals surface area contributed by atoms with Gasteiger partial charge in [-0.05, 0) is 17.4 Å². The minimum absolute atomic E-state index is 0.0358. The van der Waals surface area contributed by atoms with Gasteiger partial charge in [-0.2, -0.15) is 0 Å². The molecule has 0 spiro atoms. The van der Waals surface area contributed by atoms with Gasteiger partial charge in [0, 0.05) is 0 Å². The number of hydrogen-bond donors (Lipinski definition) is 2. The molecule has 0 aliphatic heterocycles. The molecule has 0 saturated heterocycles. The zero-order valence-electron chi connectivity index (χ0n) is 8.96. The predicted octanol–water partition coefficient (Wildman–Crippen LogP) is 1.78. The molecule has 2 atom stereocenters. The SMILES string of the molecule is CC1(C)C(C=C(Cl)Cl)C1C(=O)NCC(=O)O. The fourth-order valence-electron chi connectivity index (χ4n) is 1.90. The van der Waals surface area contributed by atoms with Crippen molar-refractivity contribution in [3.63, 3.8) is 0 Å². The van der Waals surface area contributed by atoms with Crippen LogP contribution in [0, 0.1) is 17.3 Å². The lowest BCUT2D eigenvalue weighted by Gasteiger charge is -2.02. The van der Waals surface area contributed by atoms with E-state index in [1.54, 1.807) is 6.08 Å². The summed E-state index contributed by atoms with van der Waals surface area (Å²) >= 11 is 11.1. The molecule has 1 aliphatic carbocycles. The van der Waals surface area contributed by atoms with Gasteiger partial charge in [-0.1, -0.05) is 37.0 Å². The van der Waals surface area contributed by atoms with Crippen LogP contribution in [0.25, 0.3) is 0 Å². The number of carboxylic acid groups (broad SMARTS) is 1. The van der Waals surface area contributed by atoms with Crippen molar-refractivity contribution >= 4 is 35.1 Å². The predicted molar refractivity (Wildman–Crippen MR) is 61.2 cm³/mol. The number of amides is 1. The van der Waals surface area contributed by atoms with Crippen LogP contribution in [0.4, 0.5) is 0 Å². The van der Waals surface area contributed by atoms with Crippen LogP contribution in [-0.4, -0.2) is 23.5 Å². The summed E-state index contributed by atoms with van der Waals surface area (Å²) in [5, 5.41) is 10.8. The highest BCUT2D eigenvalue weighted by atomic mass is 35.5. The molecule has 0 aromatic carbocycles. The van der Waals surface area contributed by atoms with E-state index in [0.29, 0.717) is 0 Å². The van der Waals surface area contributed by atoms with Gasteiger partial charge in [-0.25, -0.2) is 0 Å². The van der Waals surface area contributed by atoms with Gasteiger partial charge in [0.25, 0.3) is 0 Å². The smallest absolute Gasteiger partial charge is 0.322 e. The van der Waals surface area contributed by atoms with E-state index < -0.39 is 5.97 Å². The van der Waals surface area contributed by atoms with E-state index in [4.69, 9.17) is 28.3 Å². The second-order valence-corrected chi connectivity index (χ2v) is 5.40. The topological polar surface area (TPSA) is 66.4 Å². The first-order valence-electron chi connectivity index (χ1n) is 4.79. The summed E-state index contributed by atoms with van der Waals surface area (Å²) in [6.07, 6.45) is 1.62. The fourth-order valence-corrected chi connectivity index (χ4v) is 2.17. The maximum Gasteiger partial charge on any atom is 0.322 e. The molecule has 6 heteroatoms. The molecule has 0 heterocycles. The highest BCUT2D eigenvalue weighted by Gasteiger charge is 2.60. The second-order valence-electron chi connectivity index (χ2n) is 4.39. The molecule has 2 N–H and O–H groups in total. The number of hydrogen-bond acceptors (Lipinski definition) is 2. The lowest BCUT2D eigenvalue weighted by Crippen LogP contribution is -2.31. The molecule has 0 aromatic heterocycles. The third-order valence-corrected chi connectivity index (χ3v) is 3.16. The molecule has 0 aromatic rings. The molecular weight excluding hydrogens is 253 g/mol. The molecule has 1 fully saturated rings. The molecular formula is C10H13Cl2NO3. The third kappa shape index (κ3) is 2.89. The van der Waals surface area contributed by atoms with Crippen LogP contribution in [0.2, 0.25) is 0 Å². The third-order valence-electron chi connectivity index (χ3n) is 2.91. The van der Waals surface area contributed by atoms with Gasteiger partial charge in [-0.3, -0.25) is 9.59 Å². The van der Waals surface area contributed by atoms with Crippen molar-refractivity contribution < 1.29 is 14.7 Å². The quantitative estimate of drug-likeness (QED) is 0.815. The molecule has 0 radical (unpaired) electrons. The molecule has 16 heavy (non-hydrogen) atoms. The van der Waals surface area contributed by atoms with E-state index in [9.17, 15) is 9.59 Å². The van der Waals surface area contributed by atoms with Crippen LogP contribution in [0.1, 0.15) is 13.8 Å². The summed E-state index contributed by atoms with van der Waals surface area (Å²) < 4.78 is 0.131. The normalized spacial score (nSPS) is 25.8. The Morgan fingerprint density at radius 2 is 2.00 bits per heavy atom. The van der Waals surface area contributed by atoms with Crippen molar-refractivity contribution in [1.29, 1.82) is 0 Å². The Labute approximate surface area is 104 Å². The van der Waals surface area contributed by atoms with E-state index >= 15 is 0 Å². The monoisotopic (exact) mass is 265 g/mol. The lowest BCUT2D eigenvalue weighted by molar-refractivity contribution is -0.138. The van der Waals surface area contributed by atoms with E-state index in [1.807, 2.05) is 13.8 Å². The summed E-state index contributed by atoms with van der Waals surface area (Å²) in [5.41, 5.74) is -0.225. The van der Waals surface area contributed by atoms with E-state index in [1.165, 1.54) is 0 Å². The molecule has 0 bridgehead atoms. The summed E-state index contributed by atoms with van der Waals surface area (Å²) in [6, 6.07) is 0. The first-order valence-corrected chi connectivity index (χ1v) is 5.54. The van der Waals surface area contributed by atoms with Crippen molar-refractivity contribution in [2.24, 2.45) is 17.3 Å². The Bertz CT molecular complexity index is 348. The zero-order valence-corrected chi connectivity index (χ0v) is 10.5. The van der Waals surface area contributed by atoms with Crippen molar-refractivity contribution in [3.05, 3.63) is 10.6 Å². The number of carboxylic acids is 1. The molecule has 4 nitrogen and oxygen atoms in total. The van der Waals surface area contributed by atoms with Crippen molar-refractivity contribution in [3.8, 4) is 0 Å². The standard InChI is InChI=1S/C10H13Cl2NO3/c1-10(2)5(3-6(11)12)8(10)9(16)13-4-7(14)15/h3,5,8H,4H2,1-2H3,(H,13,16)(H,14,15).